The molecule has 116 valence electrons. The predicted molar refractivity (Wildman–Crippen MR) is 88.1 cm³/mol. The van der Waals surface area contributed by atoms with Crippen molar-refractivity contribution in [3.63, 3.8) is 0 Å². The molecule has 2 aliphatic carbocycles. The second-order valence-electron chi connectivity index (χ2n) is 7.37. The molecule has 2 heteroatoms. The van der Waals surface area contributed by atoms with E-state index in [-0.39, 0.29) is 0 Å². The lowest BCUT2D eigenvalue weighted by molar-refractivity contribution is -0.0490. The summed E-state index contributed by atoms with van der Waals surface area (Å²) in [6.07, 6.45) is 8.20. The molecule has 0 unspecified atom stereocenters. The topological polar surface area (TPSA) is 21.3 Å². The zero-order valence-electron chi connectivity index (χ0n) is 13.8. The van der Waals surface area contributed by atoms with Gasteiger partial charge in [0.1, 0.15) is 5.75 Å². The summed E-state index contributed by atoms with van der Waals surface area (Å²) in [7, 11) is 1.80. The van der Waals surface area contributed by atoms with Crippen LogP contribution < -0.4 is 10.1 Å². The third-order valence-electron chi connectivity index (χ3n) is 5.66. The van der Waals surface area contributed by atoms with Gasteiger partial charge in [0.25, 0.3) is 0 Å². The van der Waals surface area contributed by atoms with Crippen molar-refractivity contribution in [2.75, 3.05) is 20.2 Å². The van der Waals surface area contributed by atoms with Gasteiger partial charge < -0.3 is 10.1 Å². The van der Waals surface area contributed by atoms with Crippen molar-refractivity contribution >= 4 is 0 Å². The Hall–Kier alpha value is -1.02. The summed E-state index contributed by atoms with van der Waals surface area (Å²) >= 11 is 0. The zero-order valence-corrected chi connectivity index (χ0v) is 13.8. The van der Waals surface area contributed by atoms with Crippen molar-refractivity contribution < 1.29 is 4.74 Å². The first-order chi connectivity index (χ1) is 10.1. The van der Waals surface area contributed by atoms with Gasteiger partial charge in [0.2, 0.25) is 0 Å². The van der Waals surface area contributed by atoms with Gasteiger partial charge in [0.05, 0.1) is 7.11 Å². The molecule has 2 aliphatic rings. The van der Waals surface area contributed by atoms with Crippen LogP contribution in [0.1, 0.15) is 56.6 Å². The highest BCUT2D eigenvalue weighted by molar-refractivity contribution is 5.45. The minimum Gasteiger partial charge on any atom is -0.496 e. The van der Waals surface area contributed by atoms with Crippen molar-refractivity contribution in [3.8, 4) is 5.75 Å². The smallest absolute Gasteiger partial charge is 0.122 e. The number of ether oxygens (including phenoxy) is 1. The summed E-state index contributed by atoms with van der Waals surface area (Å²) in [5.41, 5.74) is 3.75. The summed E-state index contributed by atoms with van der Waals surface area (Å²) in [5, 5.41) is 3.68. The van der Waals surface area contributed by atoms with E-state index in [2.05, 4.69) is 37.4 Å². The van der Waals surface area contributed by atoms with E-state index in [1.165, 1.54) is 49.7 Å². The predicted octanol–water partition coefficient (Wildman–Crippen LogP) is 4.21. The molecule has 1 spiro atoms. The van der Waals surface area contributed by atoms with Gasteiger partial charge >= 0.3 is 0 Å². The van der Waals surface area contributed by atoms with Gasteiger partial charge in [0.15, 0.2) is 0 Å². The standard InChI is InChI=1S/C19H29NO/c1-4-10-20-14-19(12-18(13-19)8-5-9-18)16-11-15(2)6-7-17(16)21-3/h6-7,11,20H,4-5,8-10,12-14H2,1-3H3. The van der Waals surface area contributed by atoms with Crippen LogP contribution in [-0.4, -0.2) is 20.2 Å². The molecule has 1 N–H and O–H groups in total. The average Bonchev–Trinajstić information content (AvgIpc) is 2.40. The Morgan fingerprint density at radius 2 is 2.00 bits per heavy atom. The number of hydrogen-bond donors (Lipinski definition) is 1. The van der Waals surface area contributed by atoms with E-state index in [1.54, 1.807) is 7.11 Å². The van der Waals surface area contributed by atoms with Crippen LogP contribution >= 0.6 is 0 Å². The highest BCUT2D eigenvalue weighted by Crippen LogP contribution is 2.65. The molecule has 0 bridgehead atoms. The van der Waals surface area contributed by atoms with Crippen LogP contribution in [0.4, 0.5) is 0 Å². The van der Waals surface area contributed by atoms with Gasteiger partial charge in [0, 0.05) is 17.5 Å². The highest BCUT2D eigenvalue weighted by Gasteiger charge is 2.57. The Morgan fingerprint density at radius 1 is 1.24 bits per heavy atom. The van der Waals surface area contributed by atoms with E-state index in [0.29, 0.717) is 10.8 Å². The van der Waals surface area contributed by atoms with E-state index >= 15 is 0 Å². The Kier molecular flexibility index (Phi) is 4.00. The molecule has 1 aromatic rings. The van der Waals surface area contributed by atoms with Crippen molar-refractivity contribution in [3.05, 3.63) is 29.3 Å². The molecule has 2 saturated carbocycles. The molecule has 21 heavy (non-hydrogen) atoms. The number of hydrogen-bond acceptors (Lipinski definition) is 2. The maximum Gasteiger partial charge on any atom is 0.122 e. The van der Waals surface area contributed by atoms with Gasteiger partial charge in [-0.15, -0.1) is 0 Å². The number of methoxy groups -OCH3 is 1. The number of benzene rings is 1. The van der Waals surface area contributed by atoms with Crippen molar-refractivity contribution in [2.45, 2.75) is 57.8 Å². The van der Waals surface area contributed by atoms with E-state index in [9.17, 15) is 0 Å². The van der Waals surface area contributed by atoms with Crippen molar-refractivity contribution in [1.82, 2.24) is 5.32 Å². The monoisotopic (exact) mass is 287 g/mol. The molecule has 2 nitrogen and oxygen atoms in total. The van der Waals surface area contributed by atoms with E-state index < -0.39 is 0 Å². The maximum absolute atomic E-state index is 5.68. The minimum absolute atomic E-state index is 0.299. The van der Waals surface area contributed by atoms with E-state index in [4.69, 9.17) is 4.74 Å². The molecule has 0 radical (unpaired) electrons. The molecular formula is C19H29NO. The van der Waals surface area contributed by atoms with Crippen LogP contribution in [0.2, 0.25) is 0 Å². The Labute approximate surface area is 129 Å². The van der Waals surface area contributed by atoms with Crippen LogP contribution in [0.3, 0.4) is 0 Å². The minimum atomic E-state index is 0.299. The molecule has 3 rings (SSSR count). The fourth-order valence-electron chi connectivity index (χ4n) is 4.57. The normalized spacial score (nSPS) is 21.7. The fourth-order valence-corrected chi connectivity index (χ4v) is 4.57. The largest absolute Gasteiger partial charge is 0.496 e. The van der Waals surface area contributed by atoms with Crippen LogP contribution in [0, 0.1) is 12.3 Å². The van der Waals surface area contributed by atoms with Crippen LogP contribution in [0.5, 0.6) is 5.75 Å². The Morgan fingerprint density at radius 3 is 2.57 bits per heavy atom. The summed E-state index contributed by atoms with van der Waals surface area (Å²) in [4.78, 5) is 0. The summed E-state index contributed by atoms with van der Waals surface area (Å²) in [6.45, 7) is 6.64. The van der Waals surface area contributed by atoms with E-state index in [1.807, 2.05) is 0 Å². The molecule has 0 amide bonds. The second kappa shape index (κ2) is 5.64. The molecular weight excluding hydrogens is 258 g/mol. The van der Waals surface area contributed by atoms with Crippen LogP contribution in [0.25, 0.3) is 0 Å². The summed E-state index contributed by atoms with van der Waals surface area (Å²) < 4.78 is 5.68. The van der Waals surface area contributed by atoms with Gasteiger partial charge in [-0.3, -0.25) is 0 Å². The number of rotatable bonds is 6. The third kappa shape index (κ3) is 2.59. The van der Waals surface area contributed by atoms with Gasteiger partial charge in [-0.05, 0) is 57.1 Å². The quantitative estimate of drug-likeness (QED) is 0.792. The lowest BCUT2D eigenvalue weighted by Crippen LogP contribution is -2.57. The van der Waals surface area contributed by atoms with Crippen LogP contribution in [0.15, 0.2) is 18.2 Å². The highest BCUT2D eigenvalue weighted by atomic mass is 16.5. The van der Waals surface area contributed by atoms with Crippen LogP contribution in [-0.2, 0) is 5.41 Å². The maximum atomic E-state index is 5.68. The summed E-state index contributed by atoms with van der Waals surface area (Å²) in [6, 6.07) is 6.67. The fraction of sp³-hybridized carbons (Fsp3) is 0.684. The molecule has 1 aromatic carbocycles. The third-order valence-corrected chi connectivity index (χ3v) is 5.66. The Balaban J connectivity index is 1.87. The lowest BCUT2D eigenvalue weighted by Gasteiger charge is -2.62. The first-order valence-corrected chi connectivity index (χ1v) is 8.49. The molecule has 0 aromatic heterocycles. The Bertz CT molecular complexity index is 496. The van der Waals surface area contributed by atoms with E-state index in [0.717, 1.165) is 18.8 Å². The number of aryl methyl sites for hydroxylation is 1. The molecule has 0 heterocycles. The molecule has 0 saturated heterocycles. The van der Waals surface area contributed by atoms with Gasteiger partial charge in [-0.25, -0.2) is 0 Å². The lowest BCUT2D eigenvalue weighted by atomic mass is 9.43. The van der Waals surface area contributed by atoms with Gasteiger partial charge in [-0.1, -0.05) is 31.0 Å². The van der Waals surface area contributed by atoms with Crippen molar-refractivity contribution in [1.29, 1.82) is 0 Å². The van der Waals surface area contributed by atoms with Crippen molar-refractivity contribution in [2.24, 2.45) is 5.41 Å². The molecule has 0 atom stereocenters. The summed E-state index contributed by atoms with van der Waals surface area (Å²) in [5.74, 6) is 1.08. The average molecular weight is 287 g/mol. The van der Waals surface area contributed by atoms with Gasteiger partial charge in [-0.2, -0.15) is 0 Å². The SMILES string of the molecule is CCCNCC1(c2cc(C)ccc2OC)CC2(CCC2)C1. The number of nitrogens with one attached hydrogen (secondary N) is 1. The zero-order chi connectivity index (χ0) is 14.9. The first-order valence-electron chi connectivity index (χ1n) is 8.49. The molecule has 0 aliphatic heterocycles. The molecule has 2 fully saturated rings. The second-order valence-corrected chi connectivity index (χ2v) is 7.37. The first kappa shape index (κ1) is 14.9.